The number of methoxy groups -OCH3 is 1. The first-order chi connectivity index (χ1) is 15.1. The second-order valence-electron chi connectivity index (χ2n) is 7.12. The molecule has 0 radical (unpaired) electrons. The Morgan fingerprint density at radius 1 is 1.16 bits per heavy atom. The molecule has 1 heterocycles. The Morgan fingerprint density at radius 2 is 1.88 bits per heavy atom. The van der Waals surface area contributed by atoms with Crippen LogP contribution in [0.15, 0.2) is 53.5 Å². The van der Waals surface area contributed by atoms with Gasteiger partial charge in [0, 0.05) is 49.7 Å². The van der Waals surface area contributed by atoms with Crippen LogP contribution in [0.2, 0.25) is 0 Å². The fourth-order valence-corrected chi connectivity index (χ4v) is 3.43. The third-order valence-electron chi connectivity index (χ3n) is 5.04. The van der Waals surface area contributed by atoms with E-state index in [1.807, 2.05) is 37.3 Å². The number of hydrogen-bond acceptors (Lipinski definition) is 4. The van der Waals surface area contributed by atoms with E-state index in [2.05, 4.69) is 43.5 Å². The van der Waals surface area contributed by atoms with Gasteiger partial charge in [0.25, 0.3) is 0 Å². The van der Waals surface area contributed by atoms with E-state index in [0.717, 1.165) is 50.0 Å². The van der Waals surface area contributed by atoms with Gasteiger partial charge < -0.3 is 25.2 Å². The summed E-state index contributed by atoms with van der Waals surface area (Å²) in [6.07, 6.45) is 5.42. The van der Waals surface area contributed by atoms with Crippen LogP contribution in [-0.4, -0.2) is 63.1 Å². The Balaban J connectivity index is 0.00000363. The van der Waals surface area contributed by atoms with Crippen LogP contribution in [-0.2, 0) is 4.79 Å². The number of nitrogens with zero attached hydrogens (tertiary/aromatic N) is 3. The summed E-state index contributed by atoms with van der Waals surface area (Å²) in [4.78, 5) is 21.4. The molecule has 0 aliphatic carbocycles. The van der Waals surface area contributed by atoms with Gasteiger partial charge in [-0.25, -0.2) is 4.99 Å². The molecule has 1 fully saturated rings. The minimum absolute atomic E-state index is 0. The molecule has 1 saturated heterocycles. The maximum Gasteiger partial charge on any atom is 0.246 e. The van der Waals surface area contributed by atoms with E-state index in [-0.39, 0.29) is 36.4 Å². The average Bonchev–Trinajstić information content (AvgIpc) is 2.82. The molecule has 7 nitrogen and oxygen atoms in total. The Kier molecular flexibility index (Phi) is 10.1. The molecule has 0 unspecified atom stereocenters. The third-order valence-corrected chi connectivity index (χ3v) is 5.04. The monoisotopic (exact) mass is 547 g/mol. The van der Waals surface area contributed by atoms with Crippen molar-refractivity contribution in [3.63, 3.8) is 0 Å². The molecule has 2 aromatic rings. The number of rotatable bonds is 6. The molecule has 0 atom stereocenters. The van der Waals surface area contributed by atoms with Crippen LogP contribution in [0.4, 0.5) is 11.4 Å². The number of piperazine rings is 1. The van der Waals surface area contributed by atoms with Crippen molar-refractivity contribution in [3.05, 3.63) is 54.1 Å². The summed E-state index contributed by atoms with van der Waals surface area (Å²) < 4.78 is 5.24. The summed E-state index contributed by atoms with van der Waals surface area (Å²) in [6.45, 7) is 6.20. The smallest absolute Gasteiger partial charge is 0.246 e. The molecule has 0 bridgehead atoms. The number of aliphatic imine (C=N–C) groups is 1. The SMILES string of the molecule is C#Cc1cccc(NC(=O)CN=C(NCC)N2CCN(c3ccc(OC)cc3)CC2)c1.I. The Hall–Kier alpha value is -2.93. The number of nitrogens with one attached hydrogen (secondary N) is 2. The number of terminal acetylenes is 1. The zero-order valence-electron chi connectivity index (χ0n) is 18.5. The van der Waals surface area contributed by atoms with Crippen molar-refractivity contribution in [3.8, 4) is 18.1 Å². The molecule has 1 aliphatic rings. The zero-order chi connectivity index (χ0) is 22.1. The molecule has 8 heteroatoms. The number of guanidine groups is 1. The lowest BCUT2D eigenvalue weighted by atomic mass is 10.2. The number of halogens is 1. The fourth-order valence-electron chi connectivity index (χ4n) is 3.43. The van der Waals surface area contributed by atoms with E-state index in [0.29, 0.717) is 5.69 Å². The molecule has 0 spiro atoms. The summed E-state index contributed by atoms with van der Waals surface area (Å²) in [5.41, 5.74) is 2.58. The van der Waals surface area contributed by atoms with Crippen LogP contribution < -0.4 is 20.3 Å². The highest BCUT2D eigenvalue weighted by Gasteiger charge is 2.20. The van der Waals surface area contributed by atoms with Crippen LogP contribution >= 0.6 is 24.0 Å². The molecule has 170 valence electrons. The van der Waals surface area contributed by atoms with Gasteiger partial charge in [-0.05, 0) is 49.4 Å². The number of carbonyl (C=O) groups excluding carboxylic acids is 1. The molecule has 2 N–H and O–H groups in total. The molecule has 0 aromatic heterocycles. The van der Waals surface area contributed by atoms with E-state index < -0.39 is 0 Å². The van der Waals surface area contributed by atoms with Crippen molar-refractivity contribution in [2.24, 2.45) is 4.99 Å². The van der Waals surface area contributed by atoms with Crippen molar-refractivity contribution in [1.82, 2.24) is 10.2 Å². The Bertz CT molecular complexity index is 948. The molecule has 1 amide bonds. The molecule has 1 aliphatic heterocycles. The molecule has 2 aromatic carbocycles. The molecular formula is C24H30IN5O2. The Morgan fingerprint density at radius 3 is 2.50 bits per heavy atom. The van der Waals surface area contributed by atoms with E-state index in [1.54, 1.807) is 13.2 Å². The van der Waals surface area contributed by atoms with Crippen molar-refractivity contribution < 1.29 is 9.53 Å². The summed E-state index contributed by atoms with van der Waals surface area (Å²) in [7, 11) is 1.67. The molecule has 3 rings (SSSR count). The van der Waals surface area contributed by atoms with E-state index in [9.17, 15) is 4.79 Å². The summed E-state index contributed by atoms with van der Waals surface area (Å²) in [5, 5.41) is 6.14. The van der Waals surface area contributed by atoms with Gasteiger partial charge in [0.1, 0.15) is 12.3 Å². The lowest BCUT2D eigenvalue weighted by molar-refractivity contribution is -0.114. The fraction of sp³-hybridized carbons (Fsp3) is 0.333. The second-order valence-corrected chi connectivity index (χ2v) is 7.12. The number of amides is 1. The van der Waals surface area contributed by atoms with Gasteiger partial charge in [0.05, 0.1) is 7.11 Å². The highest BCUT2D eigenvalue weighted by atomic mass is 127. The van der Waals surface area contributed by atoms with Gasteiger partial charge in [-0.3, -0.25) is 4.79 Å². The maximum atomic E-state index is 12.4. The molecule has 0 saturated carbocycles. The zero-order valence-corrected chi connectivity index (χ0v) is 20.8. The van der Waals surface area contributed by atoms with E-state index in [1.165, 1.54) is 5.69 Å². The number of hydrogen-bond donors (Lipinski definition) is 2. The largest absolute Gasteiger partial charge is 0.497 e. The van der Waals surface area contributed by atoms with Crippen molar-refractivity contribution >= 4 is 47.2 Å². The summed E-state index contributed by atoms with van der Waals surface area (Å²) >= 11 is 0. The third kappa shape index (κ3) is 7.05. The minimum Gasteiger partial charge on any atom is -0.497 e. The first kappa shape index (κ1) is 25.3. The minimum atomic E-state index is -0.179. The topological polar surface area (TPSA) is 69.2 Å². The Labute approximate surface area is 207 Å². The van der Waals surface area contributed by atoms with Crippen LogP contribution in [0.25, 0.3) is 0 Å². The van der Waals surface area contributed by atoms with E-state index in [4.69, 9.17) is 11.2 Å². The second kappa shape index (κ2) is 12.8. The lowest BCUT2D eigenvalue weighted by Gasteiger charge is -2.37. The van der Waals surface area contributed by atoms with E-state index >= 15 is 0 Å². The molecule has 32 heavy (non-hydrogen) atoms. The predicted molar refractivity (Wildman–Crippen MR) is 141 cm³/mol. The lowest BCUT2D eigenvalue weighted by Crippen LogP contribution is -2.52. The van der Waals surface area contributed by atoms with Crippen LogP contribution in [0.5, 0.6) is 5.75 Å². The van der Waals surface area contributed by atoms with Gasteiger partial charge >= 0.3 is 0 Å². The van der Waals surface area contributed by atoms with Gasteiger partial charge in [0.15, 0.2) is 5.96 Å². The van der Waals surface area contributed by atoms with Crippen LogP contribution in [0.3, 0.4) is 0 Å². The van der Waals surface area contributed by atoms with Crippen molar-refractivity contribution in [2.75, 3.05) is 56.6 Å². The normalized spacial score (nSPS) is 13.6. The summed E-state index contributed by atoms with van der Waals surface area (Å²) in [6, 6.07) is 15.3. The summed E-state index contributed by atoms with van der Waals surface area (Å²) in [5.74, 6) is 4.00. The van der Waals surface area contributed by atoms with Crippen LogP contribution in [0, 0.1) is 12.3 Å². The van der Waals surface area contributed by atoms with Gasteiger partial charge in [-0.2, -0.15) is 0 Å². The molecular weight excluding hydrogens is 517 g/mol. The average molecular weight is 547 g/mol. The predicted octanol–water partition coefficient (Wildman–Crippen LogP) is 3.02. The van der Waals surface area contributed by atoms with Gasteiger partial charge in [0.2, 0.25) is 5.91 Å². The highest BCUT2D eigenvalue weighted by Crippen LogP contribution is 2.20. The van der Waals surface area contributed by atoms with Gasteiger partial charge in [-0.15, -0.1) is 30.4 Å². The standard InChI is InChI=1S/C24H29N5O2.HI/c1-4-19-7-6-8-20(17-19)27-23(30)18-26-24(25-5-2)29-15-13-28(14-16-29)21-9-11-22(31-3)12-10-21;/h1,6-12,17H,5,13-16,18H2,2-3H3,(H,25,26)(H,27,30);1H. The number of anilines is 2. The number of carbonyl (C=O) groups is 1. The van der Waals surface area contributed by atoms with Crippen molar-refractivity contribution in [1.29, 1.82) is 0 Å². The first-order valence-corrected chi connectivity index (χ1v) is 10.4. The van der Waals surface area contributed by atoms with Crippen LogP contribution in [0.1, 0.15) is 12.5 Å². The number of benzene rings is 2. The first-order valence-electron chi connectivity index (χ1n) is 10.4. The van der Waals surface area contributed by atoms with Gasteiger partial charge in [-0.1, -0.05) is 12.0 Å². The highest BCUT2D eigenvalue weighted by molar-refractivity contribution is 14.0. The quantitative estimate of drug-likeness (QED) is 0.252. The van der Waals surface area contributed by atoms with Crippen molar-refractivity contribution in [2.45, 2.75) is 6.92 Å². The number of ether oxygens (including phenoxy) is 1. The maximum absolute atomic E-state index is 12.4.